The second-order valence-electron chi connectivity index (χ2n) is 8.73. The van der Waals surface area contributed by atoms with E-state index in [0.29, 0.717) is 29.0 Å². The number of aryl methyl sites for hydroxylation is 1. The van der Waals surface area contributed by atoms with Crippen LogP contribution in [0.15, 0.2) is 72.8 Å². The maximum Gasteiger partial charge on any atom is 0.411 e. The van der Waals surface area contributed by atoms with Crippen molar-refractivity contribution < 1.29 is 28.2 Å². The van der Waals surface area contributed by atoms with Gasteiger partial charge in [-0.3, -0.25) is 14.5 Å². The first-order valence-electron chi connectivity index (χ1n) is 11.8. The first kappa shape index (κ1) is 25.8. The third kappa shape index (κ3) is 6.31. The first-order chi connectivity index (χ1) is 17.9. The predicted octanol–water partition coefficient (Wildman–Crippen LogP) is 4.21. The lowest BCUT2D eigenvalue weighted by Gasteiger charge is -2.24. The summed E-state index contributed by atoms with van der Waals surface area (Å²) in [7, 11) is 1.52. The fourth-order valence-electron chi connectivity index (χ4n) is 4.08. The number of carbonyl (C=O) groups is 3. The Labute approximate surface area is 214 Å². The number of hydrogen-bond acceptors (Lipinski definition) is 5. The van der Waals surface area contributed by atoms with E-state index in [0.717, 1.165) is 5.56 Å². The predicted molar refractivity (Wildman–Crippen MR) is 135 cm³/mol. The number of nitrogens with zero attached hydrogens (tertiary/aromatic N) is 1. The van der Waals surface area contributed by atoms with E-state index in [9.17, 15) is 18.8 Å². The van der Waals surface area contributed by atoms with Gasteiger partial charge in [0.25, 0.3) is 5.91 Å². The molecule has 192 valence electrons. The summed E-state index contributed by atoms with van der Waals surface area (Å²) in [5.74, 6) is -1.10. The molecule has 1 fully saturated rings. The summed E-state index contributed by atoms with van der Waals surface area (Å²) in [6.45, 7) is 2.55. The molecule has 1 aliphatic rings. The summed E-state index contributed by atoms with van der Waals surface area (Å²) in [6, 6.07) is 18.7. The van der Waals surface area contributed by atoms with Gasteiger partial charge in [-0.2, -0.15) is 0 Å². The second-order valence-corrected chi connectivity index (χ2v) is 8.73. The van der Waals surface area contributed by atoms with Crippen LogP contribution in [-0.2, 0) is 20.8 Å². The summed E-state index contributed by atoms with van der Waals surface area (Å²) in [5.41, 5.74) is 3.23. The van der Waals surface area contributed by atoms with Gasteiger partial charge in [0.1, 0.15) is 5.82 Å². The lowest BCUT2D eigenvalue weighted by molar-refractivity contribution is -0.126. The molecule has 1 saturated heterocycles. The fourth-order valence-corrected chi connectivity index (χ4v) is 4.08. The molecule has 3 amide bonds. The van der Waals surface area contributed by atoms with Crippen LogP contribution in [0.2, 0.25) is 0 Å². The minimum atomic E-state index is -0.988. The highest BCUT2D eigenvalue weighted by Crippen LogP contribution is 2.35. The standard InChI is InChI=1S/C28H28FN3O5/c1-18-6-10-20(11-7-18)26(33)31-23-5-3-4-21(16-23)25-24(27(34)30-14-15-36-2)32(28(35)37-25)17-19-8-12-22(29)13-9-19/h3-13,16,24-25H,14-15,17H2,1-2H3,(H,30,34)(H,31,33). The number of carbonyl (C=O) groups excluding carboxylic acids is 3. The van der Waals surface area contributed by atoms with Gasteiger partial charge in [0, 0.05) is 24.9 Å². The monoisotopic (exact) mass is 505 g/mol. The van der Waals surface area contributed by atoms with E-state index >= 15 is 0 Å². The topological polar surface area (TPSA) is 97.0 Å². The van der Waals surface area contributed by atoms with Gasteiger partial charge >= 0.3 is 6.09 Å². The Morgan fingerprint density at radius 1 is 1.05 bits per heavy atom. The molecule has 0 radical (unpaired) electrons. The fraction of sp³-hybridized carbons (Fsp3) is 0.250. The number of rotatable bonds is 9. The molecule has 1 heterocycles. The van der Waals surface area contributed by atoms with Crippen molar-refractivity contribution in [2.24, 2.45) is 0 Å². The van der Waals surface area contributed by atoms with Gasteiger partial charge in [-0.15, -0.1) is 0 Å². The van der Waals surface area contributed by atoms with Gasteiger partial charge in [-0.25, -0.2) is 9.18 Å². The molecule has 0 bridgehead atoms. The largest absolute Gasteiger partial charge is 0.438 e. The van der Waals surface area contributed by atoms with Crippen LogP contribution in [0.4, 0.5) is 14.9 Å². The Morgan fingerprint density at radius 2 is 1.78 bits per heavy atom. The molecule has 1 aliphatic heterocycles. The Hall–Kier alpha value is -4.24. The van der Waals surface area contributed by atoms with Crippen LogP contribution in [0.1, 0.15) is 33.2 Å². The SMILES string of the molecule is COCCNC(=O)C1C(c2cccc(NC(=O)c3ccc(C)cc3)c2)OC(=O)N1Cc1ccc(F)cc1. The molecule has 0 aliphatic carbocycles. The zero-order valence-corrected chi connectivity index (χ0v) is 20.6. The summed E-state index contributed by atoms with van der Waals surface area (Å²) < 4.78 is 24.1. The number of benzene rings is 3. The Balaban J connectivity index is 1.58. The highest BCUT2D eigenvalue weighted by Gasteiger charge is 2.47. The third-order valence-corrected chi connectivity index (χ3v) is 6.01. The van der Waals surface area contributed by atoms with Crippen molar-refractivity contribution in [1.82, 2.24) is 10.2 Å². The molecular formula is C28H28FN3O5. The van der Waals surface area contributed by atoms with Gasteiger partial charge in [0.05, 0.1) is 13.2 Å². The zero-order valence-electron chi connectivity index (χ0n) is 20.6. The van der Waals surface area contributed by atoms with Crippen molar-refractivity contribution in [2.45, 2.75) is 25.6 Å². The molecule has 0 saturated carbocycles. The van der Waals surface area contributed by atoms with Crippen molar-refractivity contribution in [3.63, 3.8) is 0 Å². The zero-order chi connectivity index (χ0) is 26.4. The smallest absolute Gasteiger partial charge is 0.411 e. The normalized spacial score (nSPS) is 16.8. The first-order valence-corrected chi connectivity index (χ1v) is 11.8. The van der Waals surface area contributed by atoms with Gasteiger partial charge in [-0.05, 0) is 54.4 Å². The molecule has 37 heavy (non-hydrogen) atoms. The van der Waals surface area contributed by atoms with E-state index in [1.165, 1.54) is 24.1 Å². The number of methoxy groups -OCH3 is 1. The van der Waals surface area contributed by atoms with E-state index in [1.807, 2.05) is 19.1 Å². The number of anilines is 1. The quantitative estimate of drug-likeness (QED) is 0.425. The van der Waals surface area contributed by atoms with Crippen LogP contribution in [0.25, 0.3) is 0 Å². The maximum absolute atomic E-state index is 13.4. The number of nitrogens with one attached hydrogen (secondary N) is 2. The highest BCUT2D eigenvalue weighted by atomic mass is 19.1. The van der Waals surface area contributed by atoms with E-state index in [2.05, 4.69) is 10.6 Å². The summed E-state index contributed by atoms with van der Waals surface area (Å²) in [4.78, 5) is 40.1. The van der Waals surface area contributed by atoms with Crippen LogP contribution in [0.5, 0.6) is 0 Å². The second kappa shape index (κ2) is 11.7. The van der Waals surface area contributed by atoms with Crippen molar-refractivity contribution in [3.8, 4) is 0 Å². The molecular weight excluding hydrogens is 477 g/mol. The van der Waals surface area contributed by atoms with Crippen LogP contribution < -0.4 is 10.6 Å². The minimum Gasteiger partial charge on any atom is -0.438 e. The van der Waals surface area contributed by atoms with Crippen LogP contribution in [-0.4, -0.2) is 49.1 Å². The lowest BCUT2D eigenvalue weighted by atomic mass is 10.00. The Bertz CT molecular complexity index is 1260. The molecule has 2 unspecified atom stereocenters. The number of cyclic esters (lactones) is 1. The van der Waals surface area contributed by atoms with Crippen LogP contribution >= 0.6 is 0 Å². The van der Waals surface area contributed by atoms with Crippen molar-refractivity contribution in [3.05, 3.63) is 101 Å². The minimum absolute atomic E-state index is 0.0574. The number of ether oxygens (including phenoxy) is 2. The molecule has 0 aromatic heterocycles. The van der Waals surface area contributed by atoms with E-state index in [4.69, 9.17) is 9.47 Å². The molecule has 9 heteroatoms. The molecule has 3 aromatic rings. The van der Waals surface area contributed by atoms with Crippen molar-refractivity contribution >= 4 is 23.6 Å². The van der Waals surface area contributed by atoms with E-state index in [1.54, 1.807) is 48.5 Å². The van der Waals surface area contributed by atoms with E-state index < -0.39 is 30.0 Å². The average Bonchev–Trinajstić information content (AvgIpc) is 3.22. The molecule has 2 N–H and O–H groups in total. The number of amides is 3. The van der Waals surface area contributed by atoms with Gasteiger partial charge < -0.3 is 20.1 Å². The molecule has 4 rings (SSSR count). The average molecular weight is 506 g/mol. The van der Waals surface area contributed by atoms with Crippen molar-refractivity contribution in [1.29, 1.82) is 0 Å². The summed E-state index contributed by atoms with van der Waals surface area (Å²) in [5, 5.41) is 5.63. The molecule has 0 spiro atoms. The molecule has 8 nitrogen and oxygen atoms in total. The van der Waals surface area contributed by atoms with Crippen molar-refractivity contribution in [2.75, 3.05) is 25.6 Å². The van der Waals surface area contributed by atoms with Gasteiger partial charge in [0.2, 0.25) is 5.91 Å². The van der Waals surface area contributed by atoms with Gasteiger partial charge in [-0.1, -0.05) is 42.0 Å². The van der Waals surface area contributed by atoms with Crippen LogP contribution in [0.3, 0.4) is 0 Å². The number of halogens is 1. The number of hydrogen-bond donors (Lipinski definition) is 2. The lowest BCUT2D eigenvalue weighted by Crippen LogP contribution is -2.47. The molecule has 2 atom stereocenters. The Morgan fingerprint density at radius 3 is 2.49 bits per heavy atom. The third-order valence-electron chi connectivity index (χ3n) is 6.01. The molecule has 3 aromatic carbocycles. The van der Waals surface area contributed by atoms with Gasteiger partial charge in [0.15, 0.2) is 12.1 Å². The highest BCUT2D eigenvalue weighted by molar-refractivity contribution is 6.04. The summed E-state index contributed by atoms with van der Waals surface area (Å²) in [6.07, 6.45) is -1.60. The summed E-state index contributed by atoms with van der Waals surface area (Å²) >= 11 is 0. The Kier molecular flexibility index (Phi) is 8.15. The van der Waals surface area contributed by atoms with E-state index in [-0.39, 0.29) is 19.0 Å². The van der Waals surface area contributed by atoms with Crippen LogP contribution in [0, 0.1) is 12.7 Å². The maximum atomic E-state index is 13.4.